The van der Waals surface area contributed by atoms with Crippen LogP contribution in [0.2, 0.25) is 0 Å². The summed E-state index contributed by atoms with van der Waals surface area (Å²) in [7, 11) is 0. The molecule has 21 heavy (non-hydrogen) atoms. The number of hydrogen-bond donors (Lipinski definition) is 0. The second-order valence-corrected chi connectivity index (χ2v) is 6.70. The minimum Gasteiger partial charge on any atom is -0.294 e. The third-order valence-corrected chi connectivity index (χ3v) is 4.10. The van der Waals surface area contributed by atoms with Crippen LogP contribution in [0.25, 0.3) is 11.3 Å². The van der Waals surface area contributed by atoms with Gasteiger partial charge in [-0.3, -0.25) is 9.48 Å². The average molecular weight is 282 g/mol. The number of hydrogen-bond acceptors (Lipinski definition) is 2. The molecule has 3 nitrogen and oxygen atoms in total. The fraction of sp³-hybridized carbons (Fsp3) is 0.444. The monoisotopic (exact) mass is 282 g/mol. The van der Waals surface area contributed by atoms with Gasteiger partial charge in [0.2, 0.25) is 0 Å². The number of aromatic nitrogens is 2. The van der Waals surface area contributed by atoms with Crippen LogP contribution in [-0.4, -0.2) is 15.6 Å². The number of carbonyl (C=O) groups excluding carboxylic acids is 1. The molecule has 0 saturated carbocycles. The van der Waals surface area contributed by atoms with Gasteiger partial charge >= 0.3 is 0 Å². The van der Waals surface area contributed by atoms with Crippen LogP contribution in [0, 0.1) is 5.41 Å². The summed E-state index contributed by atoms with van der Waals surface area (Å²) in [6, 6.07) is 10.1. The van der Waals surface area contributed by atoms with Crippen LogP contribution >= 0.6 is 0 Å². The van der Waals surface area contributed by atoms with Crippen molar-refractivity contribution in [2.24, 2.45) is 5.41 Å². The summed E-state index contributed by atoms with van der Waals surface area (Å²) < 4.78 is 2.05. The van der Waals surface area contributed by atoms with E-state index in [-0.39, 0.29) is 11.2 Å². The first-order valence-corrected chi connectivity index (χ1v) is 7.70. The van der Waals surface area contributed by atoms with Crippen molar-refractivity contribution in [3.63, 3.8) is 0 Å². The lowest BCUT2D eigenvalue weighted by Gasteiger charge is -2.29. The highest BCUT2D eigenvalue weighted by Crippen LogP contribution is 2.38. The summed E-state index contributed by atoms with van der Waals surface area (Å²) in [6.45, 7) is 7.35. The Morgan fingerprint density at radius 2 is 1.90 bits per heavy atom. The smallest absolute Gasteiger partial charge is 0.167 e. The van der Waals surface area contributed by atoms with E-state index in [1.807, 2.05) is 30.3 Å². The van der Waals surface area contributed by atoms with Crippen LogP contribution in [0.3, 0.4) is 0 Å². The molecule has 1 aromatic carbocycles. The van der Waals surface area contributed by atoms with Gasteiger partial charge in [0.15, 0.2) is 5.78 Å². The zero-order valence-corrected chi connectivity index (χ0v) is 13.0. The van der Waals surface area contributed by atoms with E-state index in [9.17, 15) is 4.79 Å². The SMILES string of the molecule is CCCn1nc(-c2ccccc2)c2c1CC(C)(C)CC2=O. The van der Waals surface area contributed by atoms with Gasteiger partial charge in [0.1, 0.15) is 5.69 Å². The van der Waals surface area contributed by atoms with Gasteiger partial charge in [-0.05, 0) is 18.3 Å². The van der Waals surface area contributed by atoms with Gasteiger partial charge in [-0.25, -0.2) is 0 Å². The van der Waals surface area contributed by atoms with Crippen molar-refractivity contribution in [3.05, 3.63) is 41.6 Å². The maximum Gasteiger partial charge on any atom is 0.167 e. The largest absolute Gasteiger partial charge is 0.294 e. The van der Waals surface area contributed by atoms with E-state index in [0.29, 0.717) is 6.42 Å². The van der Waals surface area contributed by atoms with Crippen molar-refractivity contribution >= 4 is 5.78 Å². The van der Waals surface area contributed by atoms with Crippen molar-refractivity contribution < 1.29 is 4.79 Å². The van der Waals surface area contributed by atoms with Crippen molar-refractivity contribution in [3.8, 4) is 11.3 Å². The minimum absolute atomic E-state index is 0.0313. The number of nitrogens with zero attached hydrogens (tertiary/aromatic N) is 2. The van der Waals surface area contributed by atoms with Crippen LogP contribution in [0.1, 0.15) is 49.7 Å². The predicted octanol–water partition coefficient (Wildman–Crippen LogP) is 4.12. The van der Waals surface area contributed by atoms with Crippen LogP contribution in [0.15, 0.2) is 30.3 Å². The zero-order chi connectivity index (χ0) is 15.0. The van der Waals surface area contributed by atoms with Gasteiger partial charge in [-0.15, -0.1) is 0 Å². The van der Waals surface area contributed by atoms with Gasteiger partial charge in [-0.1, -0.05) is 51.1 Å². The molecule has 1 aliphatic rings. The third kappa shape index (κ3) is 2.53. The molecule has 0 radical (unpaired) electrons. The molecule has 3 heteroatoms. The summed E-state index contributed by atoms with van der Waals surface area (Å²) in [4.78, 5) is 12.7. The average Bonchev–Trinajstić information content (AvgIpc) is 2.78. The van der Waals surface area contributed by atoms with Crippen LogP contribution in [0.4, 0.5) is 0 Å². The maximum atomic E-state index is 12.7. The third-order valence-electron chi connectivity index (χ3n) is 4.10. The molecule has 0 bridgehead atoms. The summed E-state index contributed by atoms with van der Waals surface area (Å²) in [5.74, 6) is 0.238. The Balaban J connectivity index is 2.18. The Kier molecular flexibility index (Phi) is 3.44. The lowest BCUT2D eigenvalue weighted by Crippen LogP contribution is -2.28. The van der Waals surface area contributed by atoms with Gasteiger partial charge < -0.3 is 0 Å². The second kappa shape index (κ2) is 5.14. The lowest BCUT2D eigenvalue weighted by atomic mass is 9.75. The summed E-state index contributed by atoms with van der Waals surface area (Å²) >= 11 is 0. The fourth-order valence-electron chi connectivity index (χ4n) is 3.20. The fourth-order valence-corrected chi connectivity index (χ4v) is 3.20. The van der Waals surface area contributed by atoms with Crippen LogP contribution in [0.5, 0.6) is 0 Å². The lowest BCUT2D eigenvalue weighted by molar-refractivity contribution is 0.0910. The van der Waals surface area contributed by atoms with E-state index < -0.39 is 0 Å². The molecule has 0 saturated heterocycles. The standard InChI is InChI=1S/C18H22N2O/c1-4-10-20-14-11-18(2,3)12-15(21)16(14)17(19-20)13-8-6-5-7-9-13/h5-9H,4,10-12H2,1-3H3. The molecule has 0 spiro atoms. The number of rotatable bonds is 3. The highest BCUT2D eigenvalue weighted by atomic mass is 16.1. The Morgan fingerprint density at radius 3 is 2.57 bits per heavy atom. The van der Waals surface area contributed by atoms with Crippen LogP contribution < -0.4 is 0 Å². The van der Waals surface area contributed by atoms with Gasteiger partial charge in [0.25, 0.3) is 0 Å². The van der Waals surface area contributed by atoms with Crippen molar-refractivity contribution in [2.75, 3.05) is 0 Å². The zero-order valence-electron chi connectivity index (χ0n) is 13.0. The van der Waals surface area contributed by atoms with E-state index in [1.54, 1.807) is 0 Å². The molecule has 2 aromatic rings. The quantitative estimate of drug-likeness (QED) is 0.849. The first-order valence-electron chi connectivity index (χ1n) is 7.70. The summed E-state index contributed by atoms with van der Waals surface area (Å²) in [5.41, 5.74) is 3.91. The molecule has 0 aliphatic heterocycles. The van der Waals surface area contributed by atoms with E-state index >= 15 is 0 Å². The molecular weight excluding hydrogens is 260 g/mol. The first-order chi connectivity index (χ1) is 10.0. The molecule has 1 aliphatic carbocycles. The molecule has 0 N–H and O–H groups in total. The molecule has 0 amide bonds. The number of benzene rings is 1. The molecule has 0 atom stereocenters. The highest BCUT2D eigenvalue weighted by molar-refractivity contribution is 6.04. The molecule has 1 aromatic heterocycles. The summed E-state index contributed by atoms with van der Waals surface area (Å²) in [6.07, 6.45) is 2.56. The number of carbonyl (C=O) groups is 1. The molecule has 1 heterocycles. The molecule has 0 unspecified atom stereocenters. The van der Waals surface area contributed by atoms with E-state index in [4.69, 9.17) is 5.10 Å². The number of Topliss-reactive ketones (excluding diaryl/α,β-unsaturated/α-hetero) is 1. The van der Waals surface area contributed by atoms with E-state index in [1.165, 1.54) is 0 Å². The first kappa shape index (κ1) is 14.1. The highest BCUT2D eigenvalue weighted by Gasteiger charge is 2.36. The Labute approximate surface area is 126 Å². The number of aryl methyl sites for hydroxylation is 1. The Morgan fingerprint density at radius 1 is 1.19 bits per heavy atom. The molecular formula is C18H22N2O. The van der Waals surface area contributed by atoms with Crippen molar-refractivity contribution in [1.29, 1.82) is 0 Å². The van der Waals surface area contributed by atoms with Gasteiger partial charge in [0, 0.05) is 18.5 Å². The topological polar surface area (TPSA) is 34.9 Å². The normalized spacial score (nSPS) is 16.8. The molecule has 0 fully saturated rings. The second-order valence-electron chi connectivity index (χ2n) is 6.70. The Bertz CT molecular complexity index is 668. The van der Waals surface area contributed by atoms with Crippen molar-refractivity contribution in [2.45, 2.75) is 46.6 Å². The van der Waals surface area contributed by atoms with Crippen molar-refractivity contribution in [1.82, 2.24) is 9.78 Å². The van der Waals surface area contributed by atoms with E-state index in [2.05, 4.69) is 25.5 Å². The van der Waals surface area contributed by atoms with Crippen LogP contribution in [-0.2, 0) is 13.0 Å². The number of ketones is 1. The molecule has 110 valence electrons. The minimum atomic E-state index is 0.0313. The summed E-state index contributed by atoms with van der Waals surface area (Å²) in [5, 5.41) is 4.76. The Hall–Kier alpha value is -1.90. The van der Waals surface area contributed by atoms with Gasteiger partial charge in [0.05, 0.1) is 11.3 Å². The predicted molar refractivity (Wildman–Crippen MR) is 84.4 cm³/mol. The van der Waals surface area contributed by atoms with Gasteiger partial charge in [-0.2, -0.15) is 5.10 Å². The molecule has 3 rings (SSSR count). The maximum absolute atomic E-state index is 12.7. The number of fused-ring (bicyclic) bond motifs is 1. The van der Waals surface area contributed by atoms with E-state index in [0.717, 1.165) is 41.9 Å².